The molecule has 0 unspecified atom stereocenters. The molecule has 0 aromatic heterocycles. The van der Waals surface area contributed by atoms with E-state index >= 15 is 0 Å². The summed E-state index contributed by atoms with van der Waals surface area (Å²) in [7, 11) is 0. The molecule has 0 aliphatic carbocycles. The van der Waals surface area contributed by atoms with E-state index < -0.39 is 37.4 Å². The Morgan fingerprint density at radius 2 is 1.92 bits per heavy atom. The van der Waals surface area contributed by atoms with Gasteiger partial charge in [-0.3, -0.25) is 0 Å². The van der Waals surface area contributed by atoms with Gasteiger partial charge >= 0.3 is 0 Å². The first-order valence-corrected chi connectivity index (χ1v) is 3.40. The average molecular weight is 183 g/mol. The van der Waals surface area contributed by atoms with Gasteiger partial charge in [-0.25, -0.2) is 4.39 Å². The maximum Gasteiger partial charge on any atom is 0.228 e. The molecule has 4 N–H and O–H groups in total. The van der Waals surface area contributed by atoms with Crippen LogP contribution in [-0.2, 0) is 4.74 Å². The zero-order chi connectivity index (χ0) is 10.2. The largest absolute Gasteiger partial charge is 0.394 e. The van der Waals surface area contributed by atoms with E-state index in [4.69, 9.17) is 21.8 Å². The molecule has 1 heterocycles. The molecule has 12 heavy (non-hydrogen) atoms. The topological polar surface area (TPSA) is 90.2 Å². The number of rotatable bonds is 1. The summed E-state index contributed by atoms with van der Waals surface area (Å²) in [5.74, 6) is 0. The molecule has 0 aromatic carbocycles. The fourth-order valence-corrected chi connectivity index (χ4v) is 0.967. The monoisotopic (exact) mass is 183 g/mol. The maximum absolute atomic E-state index is 12.8. The van der Waals surface area contributed by atoms with Gasteiger partial charge in [0.15, 0.2) is 0 Å². The van der Waals surface area contributed by atoms with Gasteiger partial charge in [0.2, 0.25) is 6.36 Å². The fraction of sp³-hybridized carbons (Fsp3) is 1.00. The van der Waals surface area contributed by atoms with E-state index in [1.54, 1.807) is 0 Å². The predicted molar refractivity (Wildman–Crippen MR) is 34.9 cm³/mol. The van der Waals surface area contributed by atoms with E-state index in [-0.39, 0.29) is 0 Å². The van der Waals surface area contributed by atoms with E-state index in [1.807, 2.05) is 0 Å². The van der Waals surface area contributed by atoms with Crippen LogP contribution in [0.25, 0.3) is 0 Å². The molecule has 0 aromatic rings. The van der Waals surface area contributed by atoms with Crippen molar-refractivity contribution in [3.8, 4) is 0 Å². The number of halogens is 1. The van der Waals surface area contributed by atoms with E-state index in [0.717, 1.165) is 0 Å². The van der Waals surface area contributed by atoms with Crippen LogP contribution in [0.15, 0.2) is 0 Å². The second-order valence-corrected chi connectivity index (χ2v) is 2.53. The van der Waals surface area contributed by atoms with Gasteiger partial charge in [0, 0.05) is 0 Å². The van der Waals surface area contributed by atoms with Crippen LogP contribution in [0.4, 0.5) is 4.39 Å². The molecule has 1 aliphatic heterocycles. The summed E-state index contributed by atoms with van der Waals surface area (Å²) in [4.78, 5) is 0. The number of aliphatic hydroxyl groups is 4. The van der Waals surface area contributed by atoms with E-state index in [2.05, 4.69) is 4.74 Å². The molecule has 0 spiro atoms. The van der Waals surface area contributed by atoms with Gasteiger partial charge in [-0.15, -0.1) is 0 Å². The standard InChI is InChI=1S/C6H11FO5/c7-6-5(11)4(10)3(9)2(1-8)12-6/h2-6,8-11H,1H2/t2-,3-,4+,5-,6+/m1/s1/i5D. The molecular formula is C6H11FO5. The molecule has 1 aliphatic rings. The quantitative estimate of drug-likeness (QED) is 0.369. The highest BCUT2D eigenvalue weighted by molar-refractivity contribution is 4.88. The lowest BCUT2D eigenvalue weighted by atomic mass is 10.00. The number of aliphatic hydroxyl groups excluding tert-OH is 3. The average Bonchev–Trinajstić information content (AvgIpc) is 2.09. The first-order valence-electron chi connectivity index (χ1n) is 3.90. The smallest absolute Gasteiger partial charge is 0.228 e. The lowest BCUT2D eigenvalue weighted by Gasteiger charge is -2.36. The molecule has 72 valence electrons. The second kappa shape index (κ2) is 3.63. The van der Waals surface area contributed by atoms with Crippen LogP contribution in [0.5, 0.6) is 0 Å². The summed E-state index contributed by atoms with van der Waals surface area (Å²) in [6, 6.07) is 0. The van der Waals surface area contributed by atoms with Crippen molar-refractivity contribution in [2.45, 2.75) is 30.7 Å². The van der Waals surface area contributed by atoms with E-state index in [1.165, 1.54) is 0 Å². The van der Waals surface area contributed by atoms with Gasteiger partial charge in [-0.2, -0.15) is 0 Å². The van der Waals surface area contributed by atoms with Crippen LogP contribution in [0.1, 0.15) is 1.37 Å². The highest BCUT2D eigenvalue weighted by Gasteiger charge is 2.43. The Balaban J connectivity index is 2.79. The third kappa shape index (κ3) is 1.57. The highest BCUT2D eigenvalue weighted by atomic mass is 19.1. The minimum Gasteiger partial charge on any atom is -0.394 e. The lowest BCUT2D eigenvalue weighted by Crippen LogP contribution is -2.57. The SMILES string of the molecule is [2H][C@]1(O)[C@@H](F)O[C@H](CO)[C@@H](O)[C@@H]1O. The van der Waals surface area contributed by atoms with E-state index in [0.29, 0.717) is 0 Å². The fourth-order valence-electron chi connectivity index (χ4n) is 0.967. The maximum atomic E-state index is 12.8. The first-order chi connectivity index (χ1) is 5.91. The minimum absolute atomic E-state index is 0.700. The van der Waals surface area contributed by atoms with Gasteiger partial charge in [0.1, 0.15) is 24.4 Å². The zero-order valence-electron chi connectivity index (χ0n) is 7.09. The van der Waals surface area contributed by atoms with Gasteiger partial charge in [0.25, 0.3) is 0 Å². The van der Waals surface area contributed by atoms with Gasteiger partial charge in [0.05, 0.1) is 7.98 Å². The predicted octanol–water partition coefficient (Wildman–Crippen LogP) is -2.24. The summed E-state index contributed by atoms with van der Waals surface area (Å²) < 4.78 is 23.9. The van der Waals surface area contributed by atoms with Crippen molar-refractivity contribution in [2.24, 2.45) is 0 Å². The van der Waals surface area contributed by atoms with Gasteiger partial charge in [-0.1, -0.05) is 0 Å². The molecule has 0 bridgehead atoms. The molecule has 1 rings (SSSR count). The van der Waals surface area contributed by atoms with Crippen molar-refractivity contribution in [2.75, 3.05) is 6.61 Å². The van der Waals surface area contributed by atoms with Crippen molar-refractivity contribution in [1.82, 2.24) is 0 Å². The normalized spacial score (nSPS) is 56.6. The summed E-state index contributed by atoms with van der Waals surface area (Å²) in [5.41, 5.74) is 0. The molecule has 5 nitrogen and oxygen atoms in total. The zero-order valence-corrected chi connectivity index (χ0v) is 6.09. The third-order valence-electron chi connectivity index (χ3n) is 1.71. The van der Waals surface area contributed by atoms with Crippen molar-refractivity contribution < 1.29 is 30.9 Å². The molecule has 0 saturated carbocycles. The summed E-state index contributed by atoms with van der Waals surface area (Å²) in [5, 5.41) is 35.7. The third-order valence-corrected chi connectivity index (χ3v) is 1.71. The number of alkyl halides is 1. The van der Waals surface area contributed by atoms with Crippen LogP contribution >= 0.6 is 0 Å². The van der Waals surface area contributed by atoms with Crippen LogP contribution < -0.4 is 0 Å². The Bertz CT molecular complexity index is 190. The van der Waals surface area contributed by atoms with Crippen LogP contribution in [0.3, 0.4) is 0 Å². The summed E-state index contributed by atoms with van der Waals surface area (Å²) >= 11 is 0. The number of hydrogen-bond donors (Lipinski definition) is 4. The molecule has 5 atom stereocenters. The molecule has 1 fully saturated rings. The Kier molecular flexibility index (Phi) is 2.52. The Morgan fingerprint density at radius 3 is 2.42 bits per heavy atom. The first kappa shape index (κ1) is 8.33. The number of ether oxygens (including phenoxy) is 1. The Morgan fingerprint density at radius 1 is 1.33 bits per heavy atom. The second-order valence-electron chi connectivity index (χ2n) is 2.53. The van der Waals surface area contributed by atoms with Crippen LogP contribution in [0.2, 0.25) is 0 Å². The molecular weight excluding hydrogens is 171 g/mol. The Labute approximate surface area is 69.4 Å². The van der Waals surface area contributed by atoms with Gasteiger partial charge in [-0.05, 0) is 0 Å². The summed E-state index contributed by atoms with van der Waals surface area (Å²) in [6.45, 7) is -0.700. The minimum atomic E-state index is -2.90. The van der Waals surface area contributed by atoms with Crippen molar-refractivity contribution in [3.05, 3.63) is 0 Å². The lowest BCUT2D eigenvalue weighted by molar-refractivity contribution is -0.262. The van der Waals surface area contributed by atoms with Crippen molar-refractivity contribution in [1.29, 1.82) is 0 Å². The van der Waals surface area contributed by atoms with Crippen LogP contribution in [0, 0.1) is 0 Å². The molecule has 0 amide bonds. The molecule has 0 radical (unpaired) electrons. The van der Waals surface area contributed by atoms with E-state index in [9.17, 15) is 4.39 Å². The molecule has 1 saturated heterocycles. The highest BCUT2D eigenvalue weighted by Crippen LogP contribution is 2.21. The number of hydrogen-bond acceptors (Lipinski definition) is 5. The summed E-state index contributed by atoms with van der Waals surface area (Å²) in [6.07, 6.45) is -10.4. The van der Waals surface area contributed by atoms with Crippen LogP contribution in [-0.4, -0.2) is 57.8 Å². The van der Waals surface area contributed by atoms with Crippen molar-refractivity contribution >= 4 is 0 Å². The van der Waals surface area contributed by atoms with Crippen molar-refractivity contribution in [3.63, 3.8) is 0 Å². The molecule has 6 heteroatoms. The van der Waals surface area contributed by atoms with Gasteiger partial charge < -0.3 is 25.2 Å². The Hall–Kier alpha value is -0.270.